The molecule has 1 aliphatic heterocycles. The second-order valence-electron chi connectivity index (χ2n) is 4.81. The maximum absolute atomic E-state index is 12.6. The molecule has 1 atom stereocenters. The minimum atomic E-state index is -2.53. The van der Waals surface area contributed by atoms with Crippen LogP contribution < -0.4 is 5.32 Å². The van der Waals surface area contributed by atoms with E-state index in [1.165, 1.54) is 4.90 Å². The molecule has 1 amide bonds. The zero-order valence-electron chi connectivity index (χ0n) is 11.1. The van der Waals surface area contributed by atoms with E-state index in [-0.39, 0.29) is 19.1 Å². The SMILES string of the molecule is O=C1Nc2ccccc2CCC1N(CCO)CC(F)F. The topological polar surface area (TPSA) is 52.6 Å². The van der Waals surface area contributed by atoms with Crippen LogP contribution in [0.15, 0.2) is 24.3 Å². The molecule has 1 heterocycles. The van der Waals surface area contributed by atoms with Gasteiger partial charge in [-0.2, -0.15) is 0 Å². The largest absolute Gasteiger partial charge is 0.395 e. The third kappa shape index (κ3) is 3.52. The first-order valence-electron chi connectivity index (χ1n) is 6.63. The number of aliphatic hydroxyl groups excluding tert-OH is 1. The van der Waals surface area contributed by atoms with Gasteiger partial charge in [0.25, 0.3) is 6.43 Å². The Kier molecular flexibility index (Phi) is 5.03. The van der Waals surface area contributed by atoms with Crippen molar-refractivity contribution in [3.8, 4) is 0 Å². The number of amides is 1. The van der Waals surface area contributed by atoms with Crippen molar-refractivity contribution in [1.29, 1.82) is 0 Å². The van der Waals surface area contributed by atoms with Crippen molar-refractivity contribution in [2.45, 2.75) is 25.3 Å². The summed E-state index contributed by atoms with van der Waals surface area (Å²) in [6.07, 6.45) is -1.42. The monoisotopic (exact) mass is 284 g/mol. The number of carbonyl (C=O) groups is 1. The number of carbonyl (C=O) groups excluding carboxylic acids is 1. The zero-order chi connectivity index (χ0) is 14.5. The quantitative estimate of drug-likeness (QED) is 0.861. The molecular formula is C14H18F2N2O2. The fourth-order valence-electron chi connectivity index (χ4n) is 2.53. The summed E-state index contributed by atoms with van der Waals surface area (Å²) in [5.74, 6) is -0.288. The van der Waals surface area contributed by atoms with Crippen LogP contribution in [-0.4, -0.2) is 48.1 Å². The summed E-state index contributed by atoms with van der Waals surface area (Å²) in [6, 6.07) is 6.80. The van der Waals surface area contributed by atoms with Gasteiger partial charge in [-0.15, -0.1) is 0 Å². The molecule has 1 aromatic carbocycles. The highest BCUT2D eigenvalue weighted by Crippen LogP contribution is 2.23. The van der Waals surface area contributed by atoms with Crippen LogP contribution in [-0.2, 0) is 11.2 Å². The number of nitrogens with zero attached hydrogens (tertiary/aromatic N) is 1. The Morgan fingerprint density at radius 2 is 2.15 bits per heavy atom. The normalized spacial score (nSPS) is 18.9. The molecule has 4 nitrogen and oxygen atoms in total. The Hall–Kier alpha value is -1.53. The first-order valence-corrected chi connectivity index (χ1v) is 6.63. The van der Waals surface area contributed by atoms with Crippen molar-refractivity contribution in [3.05, 3.63) is 29.8 Å². The van der Waals surface area contributed by atoms with E-state index in [1.54, 1.807) is 6.07 Å². The molecule has 0 fully saturated rings. The predicted molar refractivity (Wildman–Crippen MR) is 71.8 cm³/mol. The molecule has 1 aliphatic rings. The first kappa shape index (κ1) is 14.9. The lowest BCUT2D eigenvalue weighted by Gasteiger charge is -2.28. The van der Waals surface area contributed by atoms with E-state index in [0.29, 0.717) is 12.8 Å². The van der Waals surface area contributed by atoms with Gasteiger partial charge < -0.3 is 10.4 Å². The van der Waals surface area contributed by atoms with Gasteiger partial charge in [0.05, 0.1) is 19.2 Å². The van der Waals surface area contributed by atoms with Gasteiger partial charge in [-0.3, -0.25) is 9.69 Å². The molecule has 0 saturated heterocycles. The van der Waals surface area contributed by atoms with Gasteiger partial charge in [-0.25, -0.2) is 8.78 Å². The van der Waals surface area contributed by atoms with Crippen LogP contribution in [0.1, 0.15) is 12.0 Å². The van der Waals surface area contributed by atoms with E-state index in [9.17, 15) is 13.6 Å². The standard InChI is InChI=1S/C14H18F2N2O2/c15-13(16)9-18(7-8-19)12-6-5-10-3-1-2-4-11(10)17-14(12)20/h1-4,12-13,19H,5-9H2,(H,17,20). The van der Waals surface area contributed by atoms with Crippen LogP contribution in [0.5, 0.6) is 0 Å². The summed E-state index contributed by atoms with van der Waals surface area (Å²) < 4.78 is 25.2. The number of fused-ring (bicyclic) bond motifs is 1. The van der Waals surface area contributed by atoms with E-state index in [1.807, 2.05) is 18.2 Å². The highest BCUT2D eigenvalue weighted by molar-refractivity contribution is 5.96. The van der Waals surface area contributed by atoms with Gasteiger partial charge >= 0.3 is 0 Å². The van der Waals surface area contributed by atoms with E-state index in [4.69, 9.17) is 5.11 Å². The van der Waals surface area contributed by atoms with Gasteiger partial charge in [0.15, 0.2) is 0 Å². The minimum absolute atomic E-state index is 0.0682. The molecule has 0 aromatic heterocycles. The lowest BCUT2D eigenvalue weighted by molar-refractivity contribution is -0.122. The molecule has 20 heavy (non-hydrogen) atoms. The van der Waals surface area contributed by atoms with Crippen molar-refractivity contribution in [3.63, 3.8) is 0 Å². The summed E-state index contributed by atoms with van der Waals surface area (Å²) in [5, 5.41) is 11.8. The smallest absolute Gasteiger partial charge is 0.251 e. The van der Waals surface area contributed by atoms with E-state index < -0.39 is 19.0 Å². The highest BCUT2D eigenvalue weighted by Gasteiger charge is 2.30. The lowest BCUT2D eigenvalue weighted by atomic mass is 10.0. The molecule has 2 N–H and O–H groups in total. The number of nitrogens with one attached hydrogen (secondary N) is 1. The lowest BCUT2D eigenvalue weighted by Crippen LogP contribution is -2.47. The molecule has 1 aromatic rings. The van der Waals surface area contributed by atoms with Crippen molar-refractivity contribution in [2.24, 2.45) is 0 Å². The van der Waals surface area contributed by atoms with Crippen LogP contribution in [0.2, 0.25) is 0 Å². The van der Waals surface area contributed by atoms with Crippen molar-refractivity contribution < 1.29 is 18.7 Å². The number of alkyl halides is 2. The Labute approximate surface area is 116 Å². The molecule has 1 unspecified atom stereocenters. The second-order valence-corrected chi connectivity index (χ2v) is 4.81. The highest BCUT2D eigenvalue weighted by atomic mass is 19.3. The van der Waals surface area contributed by atoms with Crippen molar-refractivity contribution in [1.82, 2.24) is 4.90 Å². The van der Waals surface area contributed by atoms with Gasteiger partial charge in [-0.1, -0.05) is 18.2 Å². The van der Waals surface area contributed by atoms with Crippen LogP contribution in [0.4, 0.5) is 14.5 Å². The maximum atomic E-state index is 12.6. The van der Waals surface area contributed by atoms with Gasteiger partial charge in [-0.05, 0) is 24.5 Å². The third-order valence-electron chi connectivity index (χ3n) is 3.47. The van der Waals surface area contributed by atoms with Gasteiger partial charge in [0.1, 0.15) is 0 Å². The molecular weight excluding hydrogens is 266 g/mol. The van der Waals surface area contributed by atoms with Crippen LogP contribution in [0, 0.1) is 0 Å². The average molecular weight is 284 g/mol. The van der Waals surface area contributed by atoms with E-state index in [2.05, 4.69) is 5.32 Å². The molecule has 0 saturated carbocycles. The maximum Gasteiger partial charge on any atom is 0.251 e. The Morgan fingerprint density at radius 3 is 2.85 bits per heavy atom. The summed E-state index contributed by atoms with van der Waals surface area (Å²) >= 11 is 0. The Balaban J connectivity index is 2.15. The number of aryl methyl sites for hydroxylation is 1. The van der Waals surface area contributed by atoms with Gasteiger partial charge in [0, 0.05) is 12.2 Å². The Bertz CT molecular complexity index is 468. The number of hydrogen-bond donors (Lipinski definition) is 2. The summed E-state index contributed by atoms with van der Waals surface area (Å²) in [4.78, 5) is 13.5. The molecule has 110 valence electrons. The molecule has 6 heteroatoms. The van der Waals surface area contributed by atoms with E-state index in [0.717, 1.165) is 11.3 Å². The number of aliphatic hydroxyl groups is 1. The number of rotatable bonds is 5. The summed E-state index contributed by atoms with van der Waals surface area (Å²) in [5.41, 5.74) is 1.74. The van der Waals surface area contributed by atoms with Gasteiger partial charge in [0.2, 0.25) is 5.91 Å². The second kappa shape index (κ2) is 6.76. The molecule has 0 bridgehead atoms. The first-order chi connectivity index (χ1) is 9.61. The van der Waals surface area contributed by atoms with Crippen LogP contribution in [0.3, 0.4) is 0 Å². The summed E-state index contributed by atoms with van der Waals surface area (Å²) in [7, 11) is 0. The fraction of sp³-hybridized carbons (Fsp3) is 0.500. The number of para-hydroxylation sites is 1. The zero-order valence-corrected chi connectivity index (χ0v) is 11.1. The molecule has 0 radical (unpaired) electrons. The van der Waals surface area contributed by atoms with Crippen LogP contribution in [0.25, 0.3) is 0 Å². The number of benzene rings is 1. The number of hydrogen-bond acceptors (Lipinski definition) is 3. The molecule has 0 aliphatic carbocycles. The molecule has 2 rings (SSSR count). The predicted octanol–water partition coefficient (Wildman–Crippen LogP) is 1.50. The molecule has 0 spiro atoms. The third-order valence-corrected chi connectivity index (χ3v) is 3.47. The Morgan fingerprint density at radius 1 is 1.40 bits per heavy atom. The number of halogens is 2. The van der Waals surface area contributed by atoms with Crippen LogP contribution >= 0.6 is 0 Å². The number of anilines is 1. The van der Waals surface area contributed by atoms with Crippen molar-refractivity contribution in [2.75, 3.05) is 25.0 Å². The van der Waals surface area contributed by atoms with E-state index >= 15 is 0 Å². The average Bonchev–Trinajstić information content (AvgIpc) is 2.56. The minimum Gasteiger partial charge on any atom is -0.395 e. The van der Waals surface area contributed by atoms with Crippen molar-refractivity contribution >= 4 is 11.6 Å². The summed E-state index contributed by atoms with van der Waals surface area (Å²) in [6.45, 7) is -0.683. The fourth-order valence-corrected chi connectivity index (χ4v) is 2.53.